The van der Waals surface area contributed by atoms with Crippen molar-refractivity contribution >= 4 is 11.8 Å². The smallest absolute Gasteiger partial charge is 0.254 e. The van der Waals surface area contributed by atoms with Gasteiger partial charge in [-0.2, -0.15) is 0 Å². The predicted octanol–water partition coefficient (Wildman–Crippen LogP) is -0.181. The summed E-state index contributed by atoms with van der Waals surface area (Å²) in [6.07, 6.45) is 0.372. The third-order valence-electron chi connectivity index (χ3n) is 4.29. The first kappa shape index (κ1) is 17.8. The first-order valence-corrected chi connectivity index (χ1v) is 8.34. The van der Waals surface area contributed by atoms with Crippen molar-refractivity contribution in [2.75, 3.05) is 13.2 Å². The largest absolute Gasteiger partial charge is 0.394 e. The second kappa shape index (κ2) is 7.49. The predicted molar refractivity (Wildman–Crippen MR) is 94.1 cm³/mol. The molecular weight excluding hydrogens is 336 g/mol. The lowest BCUT2D eigenvalue weighted by atomic mass is 10.0. The van der Waals surface area contributed by atoms with E-state index in [1.807, 2.05) is 30.3 Å². The molecule has 0 fully saturated rings. The minimum Gasteiger partial charge on any atom is -0.394 e. The second-order valence-corrected chi connectivity index (χ2v) is 6.15. The van der Waals surface area contributed by atoms with Crippen LogP contribution in [-0.2, 0) is 22.6 Å². The molecule has 1 aliphatic heterocycles. The molecule has 0 unspecified atom stereocenters. The third kappa shape index (κ3) is 3.65. The van der Waals surface area contributed by atoms with Crippen molar-refractivity contribution in [2.24, 2.45) is 0 Å². The number of aromatic nitrogens is 2. The monoisotopic (exact) mass is 356 g/mol. The van der Waals surface area contributed by atoms with Crippen molar-refractivity contribution in [3.63, 3.8) is 0 Å². The zero-order valence-electron chi connectivity index (χ0n) is 14.4. The van der Waals surface area contributed by atoms with Crippen LogP contribution in [0, 0.1) is 0 Å². The van der Waals surface area contributed by atoms with Gasteiger partial charge in [-0.15, -0.1) is 0 Å². The van der Waals surface area contributed by atoms with Crippen molar-refractivity contribution in [3.05, 3.63) is 51.9 Å². The van der Waals surface area contributed by atoms with Gasteiger partial charge in [0.05, 0.1) is 18.8 Å². The topological polar surface area (TPSA) is 115 Å². The summed E-state index contributed by atoms with van der Waals surface area (Å²) in [4.78, 5) is 44.9. The summed E-state index contributed by atoms with van der Waals surface area (Å²) in [5.41, 5.74) is 1.67. The van der Waals surface area contributed by atoms with Gasteiger partial charge in [-0.3, -0.25) is 14.4 Å². The Bertz CT molecular complexity index is 879. The number of aliphatic hydroxyl groups excluding tert-OH is 1. The van der Waals surface area contributed by atoms with Crippen LogP contribution in [0.5, 0.6) is 0 Å². The molecule has 3 N–H and O–H groups in total. The van der Waals surface area contributed by atoms with Gasteiger partial charge in [0.15, 0.2) is 0 Å². The number of carbonyl (C=O) groups excluding carboxylic acids is 2. The number of nitrogens with one attached hydrogen (secondary N) is 2. The van der Waals surface area contributed by atoms with Gasteiger partial charge in [0, 0.05) is 24.6 Å². The molecule has 1 aromatic heterocycles. The van der Waals surface area contributed by atoms with E-state index in [1.165, 1.54) is 11.8 Å². The van der Waals surface area contributed by atoms with E-state index in [1.54, 1.807) is 0 Å². The van der Waals surface area contributed by atoms with Crippen molar-refractivity contribution < 1.29 is 14.7 Å². The number of rotatable bonds is 4. The zero-order chi connectivity index (χ0) is 18.7. The van der Waals surface area contributed by atoms with E-state index in [9.17, 15) is 19.5 Å². The van der Waals surface area contributed by atoms with E-state index in [0.717, 1.165) is 5.56 Å². The lowest BCUT2D eigenvalue weighted by Crippen LogP contribution is -2.51. The van der Waals surface area contributed by atoms with Crippen molar-refractivity contribution in [1.29, 1.82) is 0 Å². The number of H-pyrrole nitrogens is 1. The number of hydrogen-bond acceptors (Lipinski definition) is 5. The molecule has 2 heterocycles. The fourth-order valence-electron chi connectivity index (χ4n) is 3.01. The van der Waals surface area contributed by atoms with Crippen LogP contribution >= 0.6 is 0 Å². The molecule has 3 rings (SSSR count). The molecule has 0 saturated heterocycles. The summed E-state index contributed by atoms with van der Waals surface area (Å²) in [5.74, 6) is -0.336. The van der Waals surface area contributed by atoms with E-state index in [2.05, 4.69) is 15.3 Å². The van der Waals surface area contributed by atoms with E-state index in [4.69, 9.17) is 0 Å². The minimum atomic E-state index is -0.996. The molecule has 1 aromatic carbocycles. The lowest BCUT2D eigenvalue weighted by Gasteiger charge is -2.30. The van der Waals surface area contributed by atoms with Crippen LogP contribution in [0.4, 0.5) is 0 Å². The molecule has 8 nitrogen and oxygen atoms in total. The second-order valence-electron chi connectivity index (χ2n) is 6.15. The molecule has 136 valence electrons. The molecule has 0 spiro atoms. The average molecular weight is 356 g/mol. The number of fused-ring (bicyclic) bond motifs is 1. The Kier molecular flexibility index (Phi) is 5.13. The molecular formula is C18H20N4O4. The van der Waals surface area contributed by atoms with Gasteiger partial charge >= 0.3 is 0 Å². The molecule has 0 radical (unpaired) electrons. The Morgan fingerprint density at radius 2 is 2.08 bits per heavy atom. The molecule has 8 heteroatoms. The molecule has 0 aliphatic carbocycles. The summed E-state index contributed by atoms with van der Waals surface area (Å²) in [5, 5.41) is 11.8. The first-order chi connectivity index (χ1) is 12.5. The maximum Gasteiger partial charge on any atom is 0.254 e. The van der Waals surface area contributed by atoms with Crippen molar-refractivity contribution in [2.45, 2.75) is 25.9 Å². The fourth-order valence-corrected chi connectivity index (χ4v) is 3.01. The van der Waals surface area contributed by atoms with Crippen LogP contribution < -0.4 is 10.9 Å². The molecule has 1 atom stereocenters. The Morgan fingerprint density at radius 1 is 1.35 bits per heavy atom. The summed E-state index contributed by atoms with van der Waals surface area (Å²) in [6.45, 7) is 1.29. The van der Waals surface area contributed by atoms with Gasteiger partial charge < -0.3 is 20.3 Å². The van der Waals surface area contributed by atoms with Crippen LogP contribution in [0.15, 0.2) is 35.1 Å². The quantitative estimate of drug-likeness (QED) is 0.703. The van der Waals surface area contributed by atoms with Gasteiger partial charge in [0.25, 0.3) is 5.56 Å². The highest BCUT2D eigenvalue weighted by atomic mass is 16.3. The molecule has 0 saturated carbocycles. The van der Waals surface area contributed by atoms with E-state index in [0.29, 0.717) is 30.0 Å². The Balaban J connectivity index is 1.87. The molecule has 1 aliphatic rings. The minimum absolute atomic E-state index is 0.161. The summed E-state index contributed by atoms with van der Waals surface area (Å²) in [6, 6.07) is 8.26. The molecule has 26 heavy (non-hydrogen) atoms. The van der Waals surface area contributed by atoms with Crippen molar-refractivity contribution in [3.8, 4) is 11.4 Å². The van der Waals surface area contributed by atoms with Gasteiger partial charge in [0.2, 0.25) is 11.8 Å². The highest BCUT2D eigenvalue weighted by molar-refractivity contribution is 5.87. The van der Waals surface area contributed by atoms with Crippen LogP contribution in [0.3, 0.4) is 0 Å². The highest BCUT2D eigenvalue weighted by Crippen LogP contribution is 2.19. The number of carbonyl (C=O) groups is 2. The number of benzene rings is 1. The van der Waals surface area contributed by atoms with E-state index >= 15 is 0 Å². The fraction of sp³-hybridized carbons (Fsp3) is 0.333. The number of aromatic amines is 1. The summed E-state index contributed by atoms with van der Waals surface area (Å²) in [7, 11) is 0. The Morgan fingerprint density at radius 3 is 2.73 bits per heavy atom. The number of aliphatic hydroxyl groups is 1. The lowest BCUT2D eigenvalue weighted by molar-refractivity contribution is -0.138. The van der Waals surface area contributed by atoms with Gasteiger partial charge in [-0.25, -0.2) is 4.98 Å². The highest BCUT2D eigenvalue weighted by Gasteiger charge is 2.29. The SMILES string of the molecule is CC(=O)N[C@H](CO)C(=O)N1CCc2c(nc(-c3ccccc3)[nH]c2=O)C1. The summed E-state index contributed by atoms with van der Waals surface area (Å²) < 4.78 is 0. The molecule has 2 amide bonds. The Labute approximate surface area is 149 Å². The van der Waals surface area contributed by atoms with E-state index in [-0.39, 0.29) is 12.1 Å². The summed E-state index contributed by atoms with van der Waals surface area (Å²) >= 11 is 0. The maximum absolute atomic E-state index is 12.6. The van der Waals surface area contributed by atoms with E-state index < -0.39 is 24.5 Å². The third-order valence-corrected chi connectivity index (χ3v) is 4.29. The van der Waals surface area contributed by atoms with Gasteiger partial charge in [-0.1, -0.05) is 30.3 Å². The van der Waals surface area contributed by atoms with Crippen LogP contribution in [-0.4, -0.2) is 51.0 Å². The number of nitrogens with zero attached hydrogens (tertiary/aromatic N) is 2. The average Bonchev–Trinajstić information content (AvgIpc) is 2.65. The zero-order valence-corrected chi connectivity index (χ0v) is 14.4. The Hall–Kier alpha value is -3.00. The first-order valence-electron chi connectivity index (χ1n) is 8.34. The number of hydrogen-bond donors (Lipinski definition) is 3. The normalized spacial score (nSPS) is 14.5. The van der Waals surface area contributed by atoms with Crippen LogP contribution in [0.2, 0.25) is 0 Å². The van der Waals surface area contributed by atoms with Crippen LogP contribution in [0.25, 0.3) is 11.4 Å². The van der Waals surface area contributed by atoms with Crippen LogP contribution in [0.1, 0.15) is 18.2 Å². The molecule has 2 aromatic rings. The molecule has 0 bridgehead atoms. The maximum atomic E-state index is 12.6. The van der Waals surface area contributed by atoms with Crippen molar-refractivity contribution in [1.82, 2.24) is 20.2 Å². The standard InChI is InChI=1S/C18H20N4O4/c1-11(24)19-15(10-23)18(26)22-8-7-13-14(9-22)20-16(21-17(13)25)12-5-3-2-4-6-12/h2-6,15,23H,7-10H2,1H3,(H,19,24)(H,20,21,25)/t15-/m1/s1. The van der Waals surface area contributed by atoms with Gasteiger partial charge in [0.1, 0.15) is 11.9 Å². The number of amides is 2. The van der Waals surface area contributed by atoms with Gasteiger partial charge in [-0.05, 0) is 6.42 Å².